The van der Waals surface area contributed by atoms with Crippen LogP contribution in [0.4, 0.5) is 0 Å². The minimum Gasteiger partial charge on any atom is -0.457 e. The molecular weight excluding hydrogens is 824 g/mol. The van der Waals surface area contributed by atoms with Gasteiger partial charge in [0.1, 0.15) is 12.2 Å². The number of carbonyl (C=O) groups is 1. The highest BCUT2D eigenvalue weighted by atomic mass is 31.2. The van der Waals surface area contributed by atoms with Gasteiger partial charge in [-0.2, -0.15) is 0 Å². The number of rotatable bonds is 51. The van der Waals surface area contributed by atoms with Crippen LogP contribution in [0.15, 0.2) is 48.6 Å². The van der Waals surface area contributed by atoms with E-state index in [0.29, 0.717) is 6.61 Å². The lowest BCUT2D eigenvalue weighted by Crippen LogP contribution is -2.29. The predicted molar refractivity (Wildman–Crippen MR) is 270 cm³/mol. The maximum atomic E-state index is 12.7. The average molecular weight is 925 g/mol. The van der Waals surface area contributed by atoms with Gasteiger partial charge in [0.2, 0.25) is 0 Å². The van der Waals surface area contributed by atoms with Crippen molar-refractivity contribution in [3.8, 4) is 0 Å². The zero-order chi connectivity index (χ0) is 46.7. The normalized spacial score (nSPS) is 14.1. The fraction of sp³-hybridized carbons (Fsp3) is 0.833. The van der Waals surface area contributed by atoms with Crippen LogP contribution in [0.5, 0.6) is 0 Å². The first-order valence-corrected chi connectivity index (χ1v) is 28.1. The molecule has 0 aliphatic heterocycles. The minimum atomic E-state index is -4.53. The molecule has 376 valence electrons. The van der Waals surface area contributed by atoms with Crippen LogP contribution in [0.25, 0.3) is 0 Å². The van der Waals surface area contributed by atoms with Crippen LogP contribution < -0.4 is 0 Å². The van der Waals surface area contributed by atoms with E-state index in [-0.39, 0.29) is 25.6 Å². The summed E-state index contributed by atoms with van der Waals surface area (Å²) in [5.41, 5.74) is 0. The van der Waals surface area contributed by atoms with Crippen LogP contribution in [-0.2, 0) is 27.9 Å². The highest BCUT2D eigenvalue weighted by molar-refractivity contribution is 7.47. The number of allylic oxidation sites excluding steroid dienone is 8. The van der Waals surface area contributed by atoms with Gasteiger partial charge >= 0.3 is 13.8 Å². The predicted octanol–water partition coefficient (Wildman–Crippen LogP) is 15.7. The van der Waals surface area contributed by atoms with Crippen molar-refractivity contribution in [1.82, 2.24) is 0 Å². The molecule has 64 heavy (non-hydrogen) atoms. The van der Waals surface area contributed by atoms with Gasteiger partial charge < -0.3 is 24.6 Å². The Labute approximate surface area is 394 Å². The third kappa shape index (κ3) is 49.8. The SMILES string of the molecule is CCCCC/C=C\C/C=C\C/C=C\CCCCCCCCCOCC(COP(=O)(O)OCC(O)CO)OC(=O)CCCCCCCCCCCCC/C=C\CCCCCCCCCC. The van der Waals surface area contributed by atoms with Crippen LogP contribution in [0, 0.1) is 0 Å². The molecule has 0 saturated heterocycles. The zero-order valence-corrected chi connectivity index (χ0v) is 42.4. The number of phosphoric acid groups is 1. The Kier molecular flexibility index (Phi) is 49.6. The second-order valence-corrected chi connectivity index (χ2v) is 19.3. The van der Waals surface area contributed by atoms with Crippen LogP contribution in [0.1, 0.15) is 245 Å². The van der Waals surface area contributed by atoms with Crippen molar-refractivity contribution in [3.63, 3.8) is 0 Å². The van der Waals surface area contributed by atoms with Crippen molar-refractivity contribution in [3.05, 3.63) is 48.6 Å². The molecule has 3 N–H and O–H groups in total. The summed E-state index contributed by atoms with van der Waals surface area (Å²) >= 11 is 0. The van der Waals surface area contributed by atoms with Crippen molar-refractivity contribution in [2.75, 3.05) is 33.0 Å². The average Bonchev–Trinajstić information content (AvgIpc) is 3.29. The van der Waals surface area contributed by atoms with Gasteiger partial charge in [-0.05, 0) is 77.0 Å². The van der Waals surface area contributed by atoms with E-state index in [1.807, 2.05) is 0 Å². The van der Waals surface area contributed by atoms with Gasteiger partial charge in [-0.15, -0.1) is 0 Å². The summed E-state index contributed by atoms with van der Waals surface area (Å²) < 4.78 is 33.6. The number of unbranched alkanes of at least 4 members (excludes halogenated alkanes) is 29. The molecular formula is C54H101O9P. The third-order valence-electron chi connectivity index (χ3n) is 11.5. The molecule has 9 nitrogen and oxygen atoms in total. The number of esters is 1. The van der Waals surface area contributed by atoms with Crippen LogP contribution in [-0.4, -0.2) is 66.3 Å². The summed E-state index contributed by atoms with van der Waals surface area (Å²) in [6.45, 7) is 3.50. The Balaban J connectivity index is 4.07. The Morgan fingerprint density at radius 3 is 1.31 bits per heavy atom. The van der Waals surface area contributed by atoms with Crippen molar-refractivity contribution in [2.45, 2.75) is 257 Å². The third-order valence-corrected chi connectivity index (χ3v) is 12.4. The smallest absolute Gasteiger partial charge is 0.457 e. The molecule has 10 heteroatoms. The van der Waals surface area contributed by atoms with Crippen molar-refractivity contribution in [2.24, 2.45) is 0 Å². The molecule has 0 heterocycles. The maximum absolute atomic E-state index is 12.7. The fourth-order valence-corrected chi connectivity index (χ4v) is 8.21. The van der Waals surface area contributed by atoms with Crippen LogP contribution in [0.2, 0.25) is 0 Å². The van der Waals surface area contributed by atoms with Gasteiger partial charge in [-0.3, -0.25) is 13.8 Å². The van der Waals surface area contributed by atoms with E-state index in [0.717, 1.165) is 57.8 Å². The van der Waals surface area contributed by atoms with E-state index < -0.39 is 33.2 Å². The molecule has 0 rings (SSSR count). The van der Waals surface area contributed by atoms with Gasteiger partial charge in [0.25, 0.3) is 0 Å². The van der Waals surface area contributed by atoms with Gasteiger partial charge in [-0.1, -0.05) is 210 Å². The van der Waals surface area contributed by atoms with Crippen molar-refractivity contribution in [1.29, 1.82) is 0 Å². The largest absolute Gasteiger partial charge is 0.472 e. The molecule has 0 saturated carbocycles. The molecule has 0 fully saturated rings. The van der Waals surface area contributed by atoms with Gasteiger partial charge in [0.15, 0.2) is 0 Å². The molecule has 0 spiro atoms. The summed E-state index contributed by atoms with van der Waals surface area (Å²) in [6, 6.07) is 0. The van der Waals surface area contributed by atoms with Gasteiger partial charge in [-0.25, -0.2) is 4.57 Å². The topological polar surface area (TPSA) is 132 Å². The Morgan fingerprint density at radius 1 is 0.484 bits per heavy atom. The first-order valence-electron chi connectivity index (χ1n) is 26.6. The van der Waals surface area contributed by atoms with Crippen LogP contribution >= 0.6 is 7.82 Å². The number of ether oxygens (including phenoxy) is 2. The molecule has 0 aliphatic rings. The highest BCUT2D eigenvalue weighted by Crippen LogP contribution is 2.43. The molecule has 0 amide bonds. The summed E-state index contributed by atoms with van der Waals surface area (Å²) in [4.78, 5) is 22.7. The second-order valence-electron chi connectivity index (χ2n) is 17.9. The standard InChI is InChI=1S/C54H101O9P/c1-3-5-7-9-11-13-15-17-19-21-23-25-26-27-28-30-32-34-36-38-40-42-44-46-54(57)63-53(51-62-64(58,59)61-49-52(56)48-55)50-60-47-45-43-41-39-37-35-33-31-29-24-22-20-18-16-14-12-10-8-6-4-2/h12,14,18,20-21,23-24,29,52-53,55-56H,3-11,13,15-17,19,22,25-28,30-51H2,1-2H3,(H,58,59)/b14-12-,20-18-,23-21-,29-24-. The molecule has 3 atom stereocenters. The monoisotopic (exact) mass is 925 g/mol. The number of aliphatic hydroxyl groups excluding tert-OH is 2. The lowest BCUT2D eigenvalue weighted by atomic mass is 10.0. The minimum absolute atomic E-state index is 0.0426. The number of hydrogen-bond acceptors (Lipinski definition) is 8. The number of aliphatic hydroxyl groups is 2. The molecule has 0 aromatic rings. The zero-order valence-electron chi connectivity index (χ0n) is 41.5. The Bertz CT molecular complexity index is 1140. The Hall–Kier alpha value is -1.58. The van der Waals surface area contributed by atoms with Crippen molar-refractivity contribution >= 4 is 13.8 Å². The molecule has 3 unspecified atom stereocenters. The summed E-state index contributed by atoms with van der Waals surface area (Å²) in [6.07, 6.45) is 59.3. The fourth-order valence-electron chi connectivity index (χ4n) is 7.42. The first-order chi connectivity index (χ1) is 31.3. The second kappa shape index (κ2) is 50.8. The molecule has 0 radical (unpaired) electrons. The summed E-state index contributed by atoms with van der Waals surface area (Å²) in [5.74, 6) is -0.385. The van der Waals surface area contributed by atoms with Crippen LogP contribution in [0.3, 0.4) is 0 Å². The van der Waals surface area contributed by atoms with E-state index >= 15 is 0 Å². The van der Waals surface area contributed by atoms with Crippen molar-refractivity contribution < 1.29 is 43.0 Å². The molecule has 0 bridgehead atoms. The summed E-state index contributed by atoms with van der Waals surface area (Å²) in [7, 11) is -4.53. The van der Waals surface area contributed by atoms with Gasteiger partial charge in [0, 0.05) is 13.0 Å². The quantitative estimate of drug-likeness (QED) is 0.0236. The lowest BCUT2D eigenvalue weighted by molar-refractivity contribution is -0.154. The van der Waals surface area contributed by atoms with E-state index in [4.69, 9.17) is 23.6 Å². The number of phosphoric ester groups is 1. The van der Waals surface area contributed by atoms with E-state index in [1.54, 1.807) is 0 Å². The first kappa shape index (κ1) is 62.4. The number of hydrogen-bond donors (Lipinski definition) is 3. The Morgan fingerprint density at radius 2 is 0.844 bits per heavy atom. The van der Waals surface area contributed by atoms with E-state index in [2.05, 4.69) is 62.5 Å². The maximum Gasteiger partial charge on any atom is 0.472 e. The van der Waals surface area contributed by atoms with Gasteiger partial charge in [0.05, 0.1) is 26.4 Å². The number of carbonyl (C=O) groups excluding carboxylic acids is 1. The molecule has 0 aromatic carbocycles. The van der Waals surface area contributed by atoms with E-state index in [1.165, 1.54) is 167 Å². The highest BCUT2D eigenvalue weighted by Gasteiger charge is 2.26. The lowest BCUT2D eigenvalue weighted by Gasteiger charge is -2.20. The molecule has 0 aliphatic carbocycles. The summed E-state index contributed by atoms with van der Waals surface area (Å²) in [5, 5.41) is 18.4. The molecule has 0 aromatic heterocycles. The van der Waals surface area contributed by atoms with E-state index in [9.17, 15) is 19.4 Å².